The van der Waals surface area contributed by atoms with E-state index >= 15 is 0 Å². The molecule has 1 aliphatic rings. The summed E-state index contributed by atoms with van der Waals surface area (Å²) in [5, 5.41) is 0.639. The molecule has 0 unspecified atom stereocenters. The topological polar surface area (TPSA) is 23.6 Å². The van der Waals surface area contributed by atoms with Crippen LogP contribution >= 0.6 is 11.6 Å². The molecule has 3 rings (SSSR count). The Hall–Kier alpha value is -2.21. The van der Waals surface area contributed by atoms with Crippen molar-refractivity contribution in [1.29, 1.82) is 0 Å². The maximum absolute atomic E-state index is 12.8. The van der Waals surface area contributed by atoms with Gasteiger partial charge in [-0.3, -0.25) is 4.79 Å². The third-order valence-corrected chi connectivity index (χ3v) is 4.41. The minimum Gasteiger partial charge on any atom is -0.368 e. The molecular weight excluding hydrogens is 353 g/mol. The number of rotatable bonds is 2. The summed E-state index contributed by atoms with van der Waals surface area (Å²) in [6.45, 7) is 2.10. The predicted molar refractivity (Wildman–Crippen MR) is 91.0 cm³/mol. The summed E-state index contributed by atoms with van der Waals surface area (Å²) < 4.78 is 38.4. The number of piperazine rings is 1. The smallest absolute Gasteiger partial charge is 0.368 e. The molecule has 0 radical (unpaired) electrons. The molecule has 25 heavy (non-hydrogen) atoms. The number of halogens is 4. The Morgan fingerprint density at radius 1 is 0.960 bits per heavy atom. The highest BCUT2D eigenvalue weighted by Crippen LogP contribution is 2.30. The van der Waals surface area contributed by atoms with Crippen LogP contribution in [0.15, 0.2) is 48.5 Å². The lowest BCUT2D eigenvalue weighted by Gasteiger charge is -2.36. The summed E-state index contributed by atoms with van der Waals surface area (Å²) in [6, 6.07) is 12.0. The zero-order valence-corrected chi connectivity index (χ0v) is 14.0. The van der Waals surface area contributed by atoms with Crippen LogP contribution in [-0.4, -0.2) is 37.0 Å². The Kier molecular flexibility index (Phi) is 4.90. The van der Waals surface area contributed by atoms with E-state index in [-0.39, 0.29) is 11.5 Å². The van der Waals surface area contributed by atoms with E-state index in [4.69, 9.17) is 11.6 Å². The Morgan fingerprint density at radius 3 is 2.28 bits per heavy atom. The highest BCUT2D eigenvalue weighted by Gasteiger charge is 2.31. The Morgan fingerprint density at radius 2 is 1.64 bits per heavy atom. The first-order valence-corrected chi connectivity index (χ1v) is 8.19. The first-order chi connectivity index (χ1) is 11.8. The molecule has 0 atom stereocenters. The van der Waals surface area contributed by atoms with Crippen LogP contribution in [0, 0.1) is 0 Å². The molecule has 0 spiro atoms. The molecule has 0 bridgehead atoms. The van der Waals surface area contributed by atoms with E-state index in [0.717, 1.165) is 17.8 Å². The SMILES string of the molecule is O=C(c1cccc(C(F)(F)F)c1)N1CCN(c2cccc(Cl)c2)CC1. The van der Waals surface area contributed by atoms with Crippen LogP contribution in [0.2, 0.25) is 5.02 Å². The highest BCUT2D eigenvalue weighted by atomic mass is 35.5. The fourth-order valence-corrected chi connectivity index (χ4v) is 3.04. The van der Waals surface area contributed by atoms with Gasteiger partial charge in [0.05, 0.1) is 5.56 Å². The number of hydrogen-bond acceptors (Lipinski definition) is 2. The maximum Gasteiger partial charge on any atom is 0.416 e. The van der Waals surface area contributed by atoms with E-state index in [1.54, 1.807) is 11.0 Å². The zero-order chi connectivity index (χ0) is 18.0. The van der Waals surface area contributed by atoms with Crippen molar-refractivity contribution in [3.63, 3.8) is 0 Å². The second-order valence-corrected chi connectivity index (χ2v) is 6.27. The van der Waals surface area contributed by atoms with Crippen molar-refractivity contribution in [3.05, 3.63) is 64.7 Å². The lowest BCUT2D eigenvalue weighted by atomic mass is 10.1. The number of hydrogen-bond donors (Lipinski definition) is 0. The molecular formula is C18H16ClF3N2O. The minimum atomic E-state index is -4.46. The van der Waals surface area contributed by atoms with Gasteiger partial charge < -0.3 is 9.80 Å². The summed E-state index contributed by atoms with van der Waals surface area (Å²) >= 11 is 5.99. The molecule has 7 heteroatoms. The molecule has 0 aromatic heterocycles. The van der Waals surface area contributed by atoms with Gasteiger partial charge in [0.2, 0.25) is 0 Å². The second kappa shape index (κ2) is 6.96. The molecule has 3 nitrogen and oxygen atoms in total. The average Bonchev–Trinajstić information content (AvgIpc) is 2.61. The number of nitrogens with zero attached hydrogens (tertiary/aromatic N) is 2. The molecule has 1 heterocycles. The highest BCUT2D eigenvalue weighted by molar-refractivity contribution is 6.30. The Labute approximate surface area is 148 Å². The van der Waals surface area contributed by atoms with Gasteiger partial charge in [-0.1, -0.05) is 23.7 Å². The van der Waals surface area contributed by atoms with Crippen LogP contribution in [0.4, 0.5) is 18.9 Å². The van der Waals surface area contributed by atoms with Crippen molar-refractivity contribution in [2.24, 2.45) is 0 Å². The lowest BCUT2D eigenvalue weighted by Crippen LogP contribution is -2.48. The lowest BCUT2D eigenvalue weighted by molar-refractivity contribution is -0.137. The van der Waals surface area contributed by atoms with Gasteiger partial charge >= 0.3 is 6.18 Å². The Balaban J connectivity index is 1.68. The molecule has 1 amide bonds. The van der Waals surface area contributed by atoms with E-state index < -0.39 is 11.7 Å². The van der Waals surface area contributed by atoms with Gasteiger partial charge in [0.15, 0.2) is 0 Å². The quantitative estimate of drug-likeness (QED) is 0.788. The molecule has 2 aromatic rings. The maximum atomic E-state index is 12.8. The van der Waals surface area contributed by atoms with Gasteiger partial charge in [-0.2, -0.15) is 13.2 Å². The number of alkyl halides is 3. The zero-order valence-electron chi connectivity index (χ0n) is 13.3. The second-order valence-electron chi connectivity index (χ2n) is 5.84. The number of amides is 1. The largest absolute Gasteiger partial charge is 0.416 e. The number of carbonyl (C=O) groups is 1. The summed E-state index contributed by atoms with van der Waals surface area (Å²) in [4.78, 5) is 16.2. The van der Waals surface area contributed by atoms with Crippen LogP contribution in [-0.2, 0) is 6.18 Å². The molecule has 132 valence electrons. The molecule has 0 N–H and O–H groups in total. The third kappa shape index (κ3) is 4.07. The summed E-state index contributed by atoms with van der Waals surface area (Å²) in [5.74, 6) is -0.378. The fourth-order valence-electron chi connectivity index (χ4n) is 2.85. The first kappa shape index (κ1) is 17.6. The van der Waals surface area contributed by atoms with Gasteiger partial charge in [-0.25, -0.2) is 0 Å². The third-order valence-electron chi connectivity index (χ3n) is 4.18. The van der Waals surface area contributed by atoms with Gasteiger partial charge in [0.1, 0.15) is 0 Å². The van der Waals surface area contributed by atoms with Crippen molar-refractivity contribution >= 4 is 23.2 Å². The van der Waals surface area contributed by atoms with Gasteiger partial charge in [-0.15, -0.1) is 0 Å². The van der Waals surface area contributed by atoms with Crippen molar-refractivity contribution in [3.8, 4) is 0 Å². The number of anilines is 1. The molecule has 1 aliphatic heterocycles. The van der Waals surface area contributed by atoms with E-state index in [2.05, 4.69) is 4.90 Å². The van der Waals surface area contributed by atoms with E-state index in [0.29, 0.717) is 31.2 Å². The first-order valence-electron chi connectivity index (χ1n) is 7.81. The van der Waals surface area contributed by atoms with Crippen molar-refractivity contribution in [2.45, 2.75) is 6.18 Å². The van der Waals surface area contributed by atoms with E-state index in [9.17, 15) is 18.0 Å². The molecule has 2 aromatic carbocycles. The van der Waals surface area contributed by atoms with E-state index in [1.165, 1.54) is 12.1 Å². The fraction of sp³-hybridized carbons (Fsp3) is 0.278. The van der Waals surface area contributed by atoms with Crippen molar-refractivity contribution in [1.82, 2.24) is 4.90 Å². The van der Waals surface area contributed by atoms with Crippen LogP contribution in [0.1, 0.15) is 15.9 Å². The monoisotopic (exact) mass is 368 g/mol. The number of benzene rings is 2. The van der Waals surface area contributed by atoms with Gasteiger partial charge in [-0.05, 0) is 36.4 Å². The van der Waals surface area contributed by atoms with Crippen molar-refractivity contribution < 1.29 is 18.0 Å². The van der Waals surface area contributed by atoms with Gasteiger partial charge in [0, 0.05) is 42.5 Å². The molecule has 1 fully saturated rings. The Bertz CT molecular complexity index is 771. The molecule has 1 saturated heterocycles. The van der Waals surface area contributed by atoms with Crippen LogP contribution in [0.5, 0.6) is 0 Å². The van der Waals surface area contributed by atoms with Crippen LogP contribution in [0.3, 0.4) is 0 Å². The van der Waals surface area contributed by atoms with Crippen molar-refractivity contribution in [2.75, 3.05) is 31.1 Å². The summed E-state index contributed by atoms with van der Waals surface area (Å²) in [7, 11) is 0. The number of carbonyl (C=O) groups excluding carboxylic acids is 1. The standard InChI is InChI=1S/C18H16ClF3N2O/c19-15-5-2-6-16(12-15)23-7-9-24(10-8-23)17(25)13-3-1-4-14(11-13)18(20,21)22/h1-6,11-12H,7-10H2. The molecule has 0 saturated carbocycles. The summed E-state index contributed by atoms with van der Waals surface area (Å²) in [5.41, 5.74) is 0.223. The van der Waals surface area contributed by atoms with Gasteiger partial charge in [0.25, 0.3) is 5.91 Å². The average molecular weight is 369 g/mol. The van der Waals surface area contributed by atoms with Crippen LogP contribution < -0.4 is 4.90 Å². The molecule has 0 aliphatic carbocycles. The minimum absolute atomic E-state index is 0.0611. The summed E-state index contributed by atoms with van der Waals surface area (Å²) in [6.07, 6.45) is -4.46. The van der Waals surface area contributed by atoms with E-state index in [1.807, 2.05) is 18.2 Å². The predicted octanol–water partition coefficient (Wildman–Crippen LogP) is 4.32. The van der Waals surface area contributed by atoms with Crippen LogP contribution in [0.25, 0.3) is 0 Å². The normalized spacial score (nSPS) is 15.4.